The Kier molecular flexibility index (Phi) is 3.53. The number of nitrogen functional groups attached to an aromatic ring is 1. The molecule has 8 heteroatoms. The molecule has 3 aromatic rings. The molecule has 0 radical (unpaired) electrons. The van der Waals surface area contributed by atoms with Crippen molar-refractivity contribution >= 4 is 33.7 Å². The van der Waals surface area contributed by atoms with Crippen molar-refractivity contribution < 1.29 is 14.2 Å². The quantitative estimate of drug-likeness (QED) is 0.752. The Balaban J connectivity index is 2.00. The maximum Gasteiger partial charge on any atom is 0.223 e. The lowest BCUT2D eigenvalue weighted by atomic mass is 10.1. The standard InChI is InChI=1S/C16H19N5O3/c1-22-11-7-9-10(8-12(11)23-2)18-14-13(9)15(20-16(17)19-14)21-3-5-24-6-4-21/h7-8H,3-6H2,1-2H3,(H3,17,18,19,20). The zero-order chi connectivity index (χ0) is 16.7. The third-order valence-electron chi connectivity index (χ3n) is 4.26. The molecule has 1 aliphatic heterocycles. The van der Waals surface area contributed by atoms with E-state index in [0.717, 1.165) is 35.2 Å². The summed E-state index contributed by atoms with van der Waals surface area (Å²) in [5, 5.41) is 1.91. The summed E-state index contributed by atoms with van der Waals surface area (Å²) < 4.78 is 16.3. The highest BCUT2D eigenvalue weighted by Gasteiger charge is 2.21. The van der Waals surface area contributed by atoms with Crippen LogP contribution >= 0.6 is 0 Å². The van der Waals surface area contributed by atoms with Crippen molar-refractivity contribution in [3.63, 3.8) is 0 Å². The molecule has 0 amide bonds. The van der Waals surface area contributed by atoms with Crippen molar-refractivity contribution in [3.05, 3.63) is 12.1 Å². The van der Waals surface area contributed by atoms with E-state index in [2.05, 4.69) is 19.9 Å². The maximum absolute atomic E-state index is 5.92. The summed E-state index contributed by atoms with van der Waals surface area (Å²) in [5.74, 6) is 2.38. The Morgan fingerprint density at radius 2 is 1.83 bits per heavy atom. The van der Waals surface area contributed by atoms with Crippen molar-refractivity contribution in [1.82, 2.24) is 15.0 Å². The fourth-order valence-corrected chi connectivity index (χ4v) is 3.13. The number of ether oxygens (including phenoxy) is 3. The van der Waals surface area contributed by atoms with E-state index in [1.165, 1.54) is 0 Å². The lowest BCUT2D eigenvalue weighted by Crippen LogP contribution is -2.37. The Bertz CT molecular complexity index is 902. The van der Waals surface area contributed by atoms with E-state index >= 15 is 0 Å². The number of nitrogens with one attached hydrogen (secondary N) is 1. The molecule has 2 aromatic heterocycles. The Morgan fingerprint density at radius 3 is 2.54 bits per heavy atom. The summed E-state index contributed by atoms with van der Waals surface area (Å²) in [7, 11) is 3.24. The second kappa shape index (κ2) is 5.72. The van der Waals surface area contributed by atoms with E-state index in [1.807, 2.05) is 12.1 Å². The van der Waals surface area contributed by atoms with Crippen molar-refractivity contribution in [2.45, 2.75) is 0 Å². The van der Waals surface area contributed by atoms with Crippen LogP contribution in [0.2, 0.25) is 0 Å². The van der Waals surface area contributed by atoms with Crippen molar-refractivity contribution in [2.75, 3.05) is 51.2 Å². The number of nitrogens with two attached hydrogens (primary N) is 1. The SMILES string of the molecule is COc1cc2[nH]c3nc(N)nc(N4CCOCC4)c3c2cc1OC. The molecular formula is C16H19N5O3. The molecule has 1 aliphatic rings. The minimum Gasteiger partial charge on any atom is -0.493 e. The van der Waals surface area contributed by atoms with Gasteiger partial charge in [-0.05, 0) is 6.07 Å². The fourth-order valence-electron chi connectivity index (χ4n) is 3.13. The number of fused-ring (bicyclic) bond motifs is 3. The molecule has 0 atom stereocenters. The van der Waals surface area contributed by atoms with E-state index in [1.54, 1.807) is 14.2 Å². The summed E-state index contributed by atoms with van der Waals surface area (Å²) in [4.78, 5) is 14.3. The highest BCUT2D eigenvalue weighted by Crippen LogP contribution is 2.38. The van der Waals surface area contributed by atoms with E-state index in [4.69, 9.17) is 19.9 Å². The molecule has 0 spiro atoms. The average Bonchev–Trinajstić information content (AvgIpc) is 2.97. The normalized spacial score (nSPS) is 15.2. The first kappa shape index (κ1) is 14.8. The molecule has 0 bridgehead atoms. The molecule has 8 nitrogen and oxygen atoms in total. The fraction of sp³-hybridized carbons (Fsp3) is 0.375. The summed E-state index contributed by atoms with van der Waals surface area (Å²) in [6.45, 7) is 2.88. The molecular weight excluding hydrogens is 310 g/mol. The van der Waals surface area contributed by atoms with Crippen LogP contribution < -0.4 is 20.1 Å². The summed E-state index contributed by atoms with van der Waals surface area (Å²) in [6.07, 6.45) is 0. The second-order valence-electron chi connectivity index (χ2n) is 5.61. The smallest absolute Gasteiger partial charge is 0.223 e. The van der Waals surface area contributed by atoms with Crippen LogP contribution in [0.4, 0.5) is 11.8 Å². The number of morpholine rings is 1. The summed E-state index contributed by atoms with van der Waals surface area (Å²) in [6, 6.07) is 3.84. The Morgan fingerprint density at radius 1 is 1.12 bits per heavy atom. The van der Waals surface area contributed by atoms with Gasteiger partial charge in [-0.3, -0.25) is 0 Å². The van der Waals surface area contributed by atoms with Crippen LogP contribution in [0.3, 0.4) is 0 Å². The van der Waals surface area contributed by atoms with Gasteiger partial charge < -0.3 is 29.8 Å². The van der Waals surface area contributed by atoms with Gasteiger partial charge in [-0.15, -0.1) is 0 Å². The average molecular weight is 329 g/mol. The van der Waals surface area contributed by atoms with Crippen LogP contribution in [0.5, 0.6) is 11.5 Å². The molecule has 0 saturated carbocycles. The maximum atomic E-state index is 5.92. The van der Waals surface area contributed by atoms with Crippen LogP contribution in [-0.2, 0) is 4.74 Å². The minimum atomic E-state index is 0.245. The predicted molar refractivity (Wildman–Crippen MR) is 91.9 cm³/mol. The lowest BCUT2D eigenvalue weighted by Gasteiger charge is -2.28. The molecule has 0 aliphatic carbocycles. The van der Waals surface area contributed by atoms with Gasteiger partial charge in [0.15, 0.2) is 11.5 Å². The van der Waals surface area contributed by atoms with Crippen LogP contribution in [0.25, 0.3) is 21.9 Å². The highest BCUT2D eigenvalue weighted by atomic mass is 16.5. The minimum absolute atomic E-state index is 0.245. The molecule has 3 heterocycles. The first-order valence-corrected chi connectivity index (χ1v) is 7.75. The Labute approximate surface area is 138 Å². The van der Waals surface area contributed by atoms with Gasteiger partial charge in [-0.25, -0.2) is 0 Å². The number of methoxy groups -OCH3 is 2. The number of benzene rings is 1. The molecule has 1 fully saturated rings. The van der Waals surface area contributed by atoms with Gasteiger partial charge in [0.05, 0.1) is 38.3 Å². The van der Waals surface area contributed by atoms with Gasteiger partial charge in [0.1, 0.15) is 11.5 Å². The molecule has 126 valence electrons. The number of hydrogen-bond acceptors (Lipinski definition) is 7. The van der Waals surface area contributed by atoms with Gasteiger partial charge in [0.25, 0.3) is 0 Å². The molecule has 3 N–H and O–H groups in total. The van der Waals surface area contributed by atoms with E-state index < -0.39 is 0 Å². The van der Waals surface area contributed by atoms with Gasteiger partial charge in [0.2, 0.25) is 5.95 Å². The zero-order valence-corrected chi connectivity index (χ0v) is 13.6. The third-order valence-corrected chi connectivity index (χ3v) is 4.26. The Hall–Kier alpha value is -2.74. The van der Waals surface area contributed by atoms with Gasteiger partial charge in [-0.2, -0.15) is 9.97 Å². The van der Waals surface area contributed by atoms with Crippen molar-refractivity contribution in [3.8, 4) is 11.5 Å². The van der Waals surface area contributed by atoms with Crippen LogP contribution in [0.15, 0.2) is 12.1 Å². The van der Waals surface area contributed by atoms with E-state index in [9.17, 15) is 0 Å². The largest absolute Gasteiger partial charge is 0.493 e. The zero-order valence-electron chi connectivity index (χ0n) is 13.6. The first-order valence-electron chi connectivity index (χ1n) is 7.75. The molecule has 1 saturated heterocycles. The molecule has 1 aromatic carbocycles. The molecule has 24 heavy (non-hydrogen) atoms. The highest BCUT2D eigenvalue weighted by molar-refractivity contribution is 6.12. The van der Waals surface area contributed by atoms with E-state index in [0.29, 0.717) is 30.4 Å². The second-order valence-corrected chi connectivity index (χ2v) is 5.61. The lowest BCUT2D eigenvalue weighted by molar-refractivity contribution is 0.122. The van der Waals surface area contributed by atoms with E-state index in [-0.39, 0.29) is 5.95 Å². The number of aromatic amines is 1. The topological polar surface area (TPSA) is 98.5 Å². The predicted octanol–water partition coefficient (Wildman–Crippen LogP) is 1.55. The number of hydrogen-bond donors (Lipinski definition) is 2. The summed E-state index contributed by atoms with van der Waals surface area (Å²) in [5.41, 5.74) is 7.52. The number of nitrogens with zero attached hydrogens (tertiary/aromatic N) is 3. The number of anilines is 2. The third kappa shape index (κ3) is 2.26. The van der Waals surface area contributed by atoms with Gasteiger partial charge >= 0.3 is 0 Å². The number of rotatable bonds is 3. The monoisotopic (exact) mass is 329 g/mol. The van der Waals surface area contributed by atoms with Crippen LogP contribution in [0, 0.1) is 0 Å². The van der Waals surface area contributed by atoms with Gasteiger partial charge in [0, 0.05) is 24.5 Å². The van der Waals surface area contributed by atoms with Gasteiger partial charge in [-0.1, -0.05) is 0 Å². The van der Waals surface area contributed by atoms with Crippen molar-refractivity contribution in [2.24, 2.45) is 0 Å². The number of aromatic nitrogens is 3. The molecule has 0 unspecified atom stereocenters. The first-order chi connectivity index (χ1) is 11.7. The van der Waals surface area contributed by atoms with Crippen molar-refractivity contribution in [1.29, 1.82) is 0 Å². The summed E-state index contributed by atoms with van der Waals surface area (Å²) >= 11 is 0. The molecule has 4 rings (SSSR count). The number of H-pyrrole nitrogens is 1. The van der Waals surface area contributed by atoms with Crippen LogP contribution in [-0.4, -0.2) is 55.5 Å². The van der Waals surface area contributed by atoms with Crippen LogP contribution in [0.1, 0.15) is 0 Å².